The highest BCUT2D eigenvalue weighted by molar-refractivity contribution is 5.83. The van der Waals surface area contributed by atoms with Crippen molar-refractivity contribution in [2.45, 2.75) is 38.1 Å². The van der Waals surface area contributed by atoms with Gasteiger partial charge in [-0.25, -0.2) is 4.79 Å². The standard InChI is InChI=1S/C13H17N3O2/c17-13(18)12-15-14-6-16(12)11-9-2-7-1-8(4-9)5-10(11)3-7/h6-11H,1-5H2,(H,17,18). The van der Waals surface area contributed by atoms with Crippen LogP contribution in [-0.4, -0.2) is 25.8 Å². The minimum absolute atomic E-state index is 0.118. The van der Waals surface area contributed by atoms with Crippen LogP contribution in [0.4, 0.5) is 0 Å². The largest absolute Gasteiger partial charge is 0.475 e. The molecule has 4 bridgehead atoms. The van der Waals surface area contributed by atoms with Crippen molar-refractivity contribution in [3.05, 3.63) is 12.2 Å². The molecule has 0 saturated heterocycles. The van der Waals surface area contributed by atoms with Gasteiger partial charge in [-0.3, -0.25) is 0 Å². The zero-order valence-corrected chi connectivity index (χ0v) is 10.2. The number of aromatic carboxylic acids is 1. The van der Waals surface area contributed by atoms with Gasteiger partial charge in [0.2, 0.25) is 5.82 Å². The Kier molecular flexibility index (Phi) is 2.08. The number of carboxylic acid groups (broad SMARTS) is 1. The van der Waals surface area contributed by atoms with Crippen LogP contribution in [0.15, 0.2) is 6.33 Å². The van der Waals surface area contributed by atoms with Crippen LogP contribution < -0.4 is 0 Å². The second-order valence-corrected chi connectivity index (χ2v) is 6.29. The fraction of sp³-hybridized carbons (Fsp3) is 0.769. The molecule has 96 valence electrons. The SMILES string of the molecule is O=C(O)c1nncn1C1C2CC3CC(C2)CC1C3. The van der Waals surface area contributed by atoms with E-state index in [1.165, 1.54) is 32.1 Å². The smallest absolute Gasteiger partial charge is 0.374 e. The number of nitrogens with zero attached hydrogens (tertiary/aromatic N) is 3. The summed E-state index contributed by atoms with van der Waals surface area (Å²) in [6.07, 6.45) is 8.12. The molecule has 0 unspecified atom stereocenters. The van der Waals surface area contributed by atoms with Crippen LogP contribution in [0.5, 0.6) is 0 Å². The number of aromatic nitrogens is 3. The molecule has 18 heavy (non-hydrogen) atoms. The lowest BCUT2D eigenvalue weighted by molar-refractivity contribution is -0.0303. The molecular formula is C13H17N3O2. The summed E-state index contributed by atoms with van der Waals surface area (Å²) in [4.78, 5) is 11.2. The summed E-state index contributed by atoms with van der Waals surface area (Å²) in [5, 5.41) is 16.8. The monoisotopic (exact) mass is 247 g/mol. The molecule has 4 fully saturated rings. The van der Waals surface area contributed by atoms with E-state index >= 15 is 0 Å². The average Bonchev–Trinajstić information content (AvgIpc) is 2.76. The molecule has 4 aliphatic carbocycles. The van der Waals surface area contributed by atoms with E-state index in [1.807, 2.05) is 4.57 Å². The number of hydrogen-bond acceptors (Lipinski definition) is 3. The second kappa shape index (κ2) is 3.56. The van der Waals surface area contributed by atoms with Crippen molar-refractivity contribution in [2.24, 2.45) is 23.7 Å². The summed E-state index contributed by atoms with van der Waals surface area (Å²) in [5.74, 6) is 2.25. The topological polar surface area (TPSA) is 68.0 Å². The second-order valence-electron chi connectivity index (χ2n) is 6.29. The van der Waals surface area contributed by atoms with E-state index in [2.05, 4.69) is 10.2 Å². The van der Waals surface area contributed by atoms with E-state index in [-0.39, 0.29) is 5.82 Å². The molecule has 0 aromatic carbocycles. The Morgan fingerprint density at radius 3 is 2.33 bits per heavy atom. The first-order valence-corrected chi connectivity index (χ1v) is 6.85. The van der Waals surface area contributed by atoms with Crippen molar-refractivity contribution in [1.29, 1.82) is 0 Å². The Bertz CT molecular complexity index is 468. The lowest BCUT2D eigenvalue weighted by Crippen LogP contribution is -2.46. The Balaban J connectivity index is 1.72. The quantitative estimate of drug-likeness (QED) is 0.867. The van der Waals surface area contributed by atoms with Gasteiger partial charge in [0.05, 0.1) is 0 Å². The van der Waals surface area contributed by atoms with Gasteiger partial charge in [0.1, 0.15) is 6.33 Å². The van der Waals surface area contributed by atoms with E-state index in [4.69, 9.17) is 0 Å². The first kappa shape index (κ1) is 10.5. The van der Waals surface area contributed by atoms with Crippen molar-refractivity contribution < 1.29 is 9.90 Å². The number of carboxylic acids is 1. The van der Waals surface area contributed by atoms with Crippen molar-refractivity contribution in [2.75, 3.05) is 0 Å². The molecule has 0 aliphatic heterocycles. The molecule has 1 N–H and O–H groups in total. The van der Waals surface area contributed by atoms with E-state index in [1.54, 1.807) is 6.33 Å². The molecule has 4 saturated carbocycles. The van der Waals surface area contributed by atoms with Crippen LogP contribution in [0, 0.1) is 23.7 Å². The van der Waals surface area contributed by atoms with Crippen molar-refractivity contribution in [3.8, 4) is 0 Å². The minimum atomic E-state index is -0.957. The summed E-state index contributed by atoms with van der Waals surface area (Å²) < 4.78 is 1.84. The zero-order valence-electron chi connectivity index (χ0n) is 10.2. The van der Waals surface area contributed by atoms with Crippen LogP contribution in [-0.2, 0) is 0 Å². The first-order chi connectivity index (χ1) is 8.72. The highest BCUT2D eigenvalue weighted by atomic mass is 16.4. The molecule has 0 amide bonds. The summed E-state index contributed by atoms with van der Waals surface area (Å²) in [6.45, 7) is 0. The maximum atomic E-state index is 11.2. The van der Waals surface area contributed by atoms with Crippen molar-refractivity contribution in [3.63, 3.8) is 0 Å². The normalized spacial score (nSPS) is 41.2. The summed E-state index contributed by atoms with van der Waals surface area (Å²) in [5.41, 5.74) is 0. The van der Waals surface area contributed by atoms with Crippen LogP contribution in [0.25, 0.3) is 0 Å². The third-order valence-electron chi connectivity index (χ3n) is 5.26. The van der Waals surface area contributed by atoms with Crippen molar-refractivity contribution in [1.82, 2.24) is 14.8 Å². The molecule has 5 heteroatoms. The maximum Gasteiger partial charge on any atom is 0.374 e. The lowest BCUT2D eigenvalue weighted by atomic mass is 9.54. The van der Waals surface area contributed by atoms with Gasteiger partial charge in [0, 0.05) is 6.04 Å². The molecule has 0 atom stereocenters. The molecule has 1 aromatic rings. The molecule has 5 nitrogen and oxygen atoms in total. The predicted octanol–water partition coefficient (Wildman–Crippen LogP) is 1.97. The van der Waals surface area contributed by atoms with Crippen LogP contribution in [0.3, 0.4) is 0 Å². The third kappa shape index (κ3) is 1.36. The average molecular weight is 247 g/mol. The molecule has 0 radical (unpaired) electrons. The zero-order chi connectivity index (χ0) is 12.3. The number of hydrogen-bond donors (Lipinski definition) is 1. The van der Waals surface area contributed by atoms with Gasteiger partial charge in [-0.15, -0.1) is 10.2 Å². The Labute approximate surface area is 105 Å². The number of carbonyl (C=O) groups is 1. The Hall–Kier alpha value is -1.39. The van der Waals surface area contributed by atoms with Gasteiger partial charge in [0.15, 0.2) is 0 Å². The summed E-state index contributed by atoms with van der Waals surface area (Å²) in [7, 11) is 0. The van der Waals surface area contributed by atoms with Crippen LogP contribution >= 0.6 is 0 Å². The van der Waals surface area contributed by atoms with E-state index < -0.39 is 5.97 Å². The van der Waals surface area contributed by atoms with Gasteiger partial charge in [-0.2, -0.15) is 0 Å². The molecule has 0 spiro atoms. The Morgan fingerprint density at radius 2 is 1.78 bits per heavy atom. The van der Waals surface area contributed by atoms with Gasteiger partial charge in [-0.05, 0) is 55.8 Å². The van der Waals surface area contributed by atoms with Gasteiger partial charge < -0.3 is 9.67 Å². The van der Waals surface area contributed by atoms with Gasteiger partial charge in [-0.1, -0.05) is 0 Å². The highest BCUT2D eigenvalue weighted by Crippen LogP contribution is 2.58. The first-order valence-electron chi connectivity index (χ1n) is 6.85. The maximum absolute atomic E-state index is 11.2. The highest BCUT2D eigenvalue weighted by Gasteiger charge is 2.49. The fourth-order valence-electron chi connectivity index (χ4n) is 4.96. The van der Waals surface area contributed by atoms with Gasteiger partial charge in [0.25, 0.3) is 0 Å². The Morgan fingerprint density at radius 1 is 1.17 bits per heavy atom. The van der Waals surface area contributed by atoms with E-state index in [0.29, 0.717) is 17.9 Å². The molecule has 4 aliphatic rings. The summed E-state index contributed by atoms with van der Waals surface area (Å²) >= 11 is 0. The summed E-state index contributed by atoms with van der Waals surface area (Å²) in [6, 6.07) is 0.332. The lowest BCUT2D eigenvalue weighted by Gasteiger charge is -2.54. The predicted molar refractivity (Wildman–Crippen MR) is 63.1 cm³/mol. The van der Waals surface area contributed by atoms with Crippen molar-refractivity contribution >= 4 is 5.97 Å². The fourth-order valence-corrected chi connectivity index (χ4v) is 4.96. The van der Waals surface area contributed by atoms with Crippen LogP contribution in [0.2, 0.25) is 0 Å². The molecular weight excluding hydrogens is 230 g/mol. The number of rotatable bonds is 2. The van der Waals surface area contributed by atoms with E-state index in [9.17, 15) is 9.90 Å². The molecule has 1 aromatic heterocycles. The minimum Gasteiger partial charge on any atom is -0.475 e. The van der Waals surface area contributed by atoms with Gasteiger partial charge >= 0.3 is 5.97 Å². The third-order valence-corrected chi connectivity index (χ3v) is 5.26. The van der Waals surface area contributed by atoms with E-state index in [0.717, 1.165) is 11.8 Å². The van der Waals surface area contributed by atoms with Crippen LogP contribution in [0.1, 0.15) is 48.8 Å². The molecule has 1 heterocycles. The molecule has 5 rings (SSSR count).